The topological polar surface area (TPSA) is 99.3 Å². The zero-order chi connectivity index (χ0) is 21.6. The van der Waals surface area contributed by atoms with E-state index < -0.39 is 9.84 Å². The molecule has 1 saturated carbocycles. The van der Waals surface area contributed by atoms with Gasteiger partial charge >= 0.3 is 0 Å². The van der Waals surface area contributed by atoms with Crippen molar-refractivity contribution in [3.05, 3.63) is 48.4 Å². The number of carbonyl (C=O) groups is 1. The van der Waals surface area contributed by atoms with Crippen molar-refractivity contribution in [3.8, 4) is 0 Å². The molecule has 0 bridgehead atoms. The van der Waals surface area contributed by atoms with E-state index in [0.717, 1.165) is 41.8 Å². The number of benzene rings is 1. The first-order valence-electron chi connectivity index (χ1n) is 10.6. The van der Waals surface area contributed by atoms with Gasteiger partial charge in [-0.1, -0.05) is 19.1 Å². The van der Waals surface area contributed by atoms with Crippen molar-refractivity contribution < 1.29 is 13.2 Å². The van der Waals surface area contributed by atoms with Crippen molar-refractivity contribution in [1.82, 2.24) is 19.9 Å². The first kappa shape index (κ1) is 20.0. The van der Waals surface area contributed by atoms with E-state index in [2.05, 4.69) is 19.9 Å². The smallest absolute Gasteiger partial charge is 0.227 e. The Balaban J connectivity index is 1.33. The molecular weight excluding hydrogens is 414 g/mol. The number of rotatable bonds is 5. The lowest BCUT2D eigenvalue weighted by atomic mass is 10.1. The highest BCUT2D eigenvalue weighted by Crippen LogP contribution is 2.45. The Kier molecular flexibility index (Phi) is 4.73. The lowest BCUT2D eigenvalue weighted by Gasteiger charge is -2.43. The van der Waals surface area contributed by atoms with E-state index in [1.54, 1.807) is 31.5 Å². The standard InChI is InChI=1S/C22H25N5O3S/c1-2-31(29,30)17-5-3-4-16(12-17)13-19(28)27-11-10-26(14-22(27)7-8-22)21-18-6-9-23-20(18)24-15-25-21/h3-6,9,12,15H,2,7-8,10-11,13-14H2,1H3,(H,23,24,25). The quantitative estimate of drug-likeness (QED) is 0.654. The van der Waals surface area contributed by atoms with Crippen LogP contribution in [-0.4, -0.2) is 65.1 Å². The normalized spacial score (nSPS) is 18.0. The summed E-state index contributed by atoms with van der Waals surface area (Å²) in [6.07, 6.45) is 5.59. The van der Waals surface area contributed by atoms with Crippen LogP contribution >= 0.6 is 0 Å². The van der Waals surface area contributed by atoms with E-state index in [1.807, 2.05) is 23.2 Å². The predicted octanol–water partition coefficient (Wildman–Crippen LogP) is 2.18. The van der Waals surface area contributed by atoms with Crippen molar-refractivity contribution in [2.24, 2.45) is 0 Å². The molecule has 0 atom stereocenters. The van der Waals surface area contributed by atoms with Gasteiger partial charge < -0.3 is 14.8 Å². The van der Waals surface area contributed by atoms with Crippen molar-refractivity contribution in [2.75, 3.05) is 30.3 Å². The first-order valence-corrected chi connectivity index (χ1v) is 12.2. The molecule has 3 aromatic rings. The number of hydrogen-bond donors (Lipinski definition) is 1. The van der Waals surface area contributed by atoms with E-state index in [9.17, 15) is 13.2 Å². The first-order chi connectivity index (χ1) is 14.9. The highest BCUT2D eigenvalue weighted by molar-refractivity contribution is 7.91. The van der Waals surface area contributed by atoms with Crippen LogP contribution in [0.5, 0.6) is 0 Å². The molecule has 2 aliphatic rings. The maximum atomic E-state index is 13.2. The summed E-state index contributed by atoms with van der Waals surface area (Å²) in [5, 5.41) is 0.993. The third kappa shape index (κ3) is 3.56. The van der Waals surface area contributed by atoms with Gasteiger partial charge in [-0.2, -0.15) is 0 Å². The van der Waals surface area contributed by atoms with Crippen molar-refractivity contribution in [2.45, 2.75) is 36.6 Å². The van der Waals surface area contributed by atoms with E-state index in [-0.39, 0.29) is 28.5 Å². The second-order valence-corrected chi connectivity index (χ2v) is 10.6. The Morgan fingerprint density at radius 1 is 1.19 bits per heavy atom. The minimum atomic E-state index is -3.29. The Hall–Kier alpha value is -2.94. The van der Waals surface area contributed by atoms with Crippen LogP contribution in [0.1, 0.15) is 25.3 Å². The minimum absolute atomic E-state index is 0.0485. The van der Waals surface area contributed by atoms with Crippen LogP contribution in [0.4, 0.5) is 5.82 Å². The lowest BCUT2D eigenvalue weighted by Crippen LogP contribution is -2.57. The van der Waals surface area contributed by atoms with E-state index in [4.69, 9.17) is 0 Å². The number of fused-ring (bicyclic) bond motifs is 1. The van der Waals surface area contributed by atoms with Gasteiger partial charge in [0.15, 0.2) is 9.84 Å². The average molecular weight is 440 g/mol. The zero-order valence-corrected chi connectivity index (χ0v) is 18.2. The Morgan fingerprint density at radius 2 is 2.03 bits per heavy atom. The third-order valence-electron chi connectivity index (χ3n) is 6.40. The number of nitrogens with one attached hydrogen (secondary N) is 1. The summed E-state index contributed by atoms with van der Waals surface area (Å²) < 4.78 is 24.4. The summed E-state index contributed by atoms with van der Waals surface area (Å²) >= 11 is 0. The summed E-state index contributed by atoms with van der Waals surface area (Å²) in [7, 11) is -3.29. The fourth-order valence-corrected chi connectivity index (χ4v) is 5.47. The fraction of sp³-hybridized carbons (Fsp3) is 0.409. The average Bonchev–Trinajstić information content (AvgIpc) is 3.34. The lowest BCUT2D eigenvalue weighted by molar-refractivity contribution is -0.134. The number of nitrogens with zero attached hydrogens (tertiary/aromatic N) is 4. The van der Waals surface area contributed by atoms with Crippen LogP contribution in [-0.2, 0) is 21.1 Å². The van der Waals surface area contributed by atoms with Crippen LogP contribution in [0.2, 0.25) is 0 Å². The van der Waals surface area contributed by atoms with Crippen molar-refractivity contribution >= 4 is 32.6 Å². The Labute approximate surface area is 181 Å². The van der Waals surface area contributed by atoms with Gasteiger partial charge in [0.25, 0.3) is 0 Å². The van der Waals surface area contributed by atoms with Crippen molar-refractivity contribution in [3.63, 3.8) is 0 Å². The maximum Gasteiger partial charge on any atom is 0.227 e. The van der Waals surface area contributed by atoms with Crippen LogP contribution < -0.4 is 4.90 Å². The van der Waals surface area contributed by atoms with E-state index in [0.29, 0.717) is 13.1 Å². The maximum absolute atomic E-state index is 13.2. The molecule has 162 valence electrons. The number of aromatic amines is 1. The zero-order valence-electron chi connectivity index (χ0n) is 17.4. The van der Waals surface area contributed by atoms with Gasteiger partial charge in [-0.25, -0.2) is 18.4 Å². The fourth-order valence-electron chi connectivity index (χ4n) is 4.52. The number of hydrogen-bond acceptors (Lipinski definition) is 6. The molecule has 1 aliphatic carbocycles. The molecule has 1 N–H and O–H groups in total. The van der Waals surface area contributed by atoms with E-state index >= 15 is 0 Å². The molecule has 1 saturated heterocycles. The van der Waals surface area contributed by atoms with Gasteiger partial charge in [0.05, 0.1) is 28.0 Å². The molecule has 0 radical (unpaired) electrons. The van der Waals surface area contributed by atoms with Crippen LogP contribution in [0.15, 0.2) is 47.8 Å². The minimum Gasteiger partial charge on any atom is -0.352 e. The molecule has 8 nitrogen and oxygen atoms in total. The molecule has 1 aliphatic heterocycles. The molecule has 1 aromatic carbocycles. The Bertz CT molecular complexity index is 1250. The van der Waals surface area contributed by atoms with Crippen molar-refractivity contribution in [1.29, 1.82) is 0 Å². The molecular formula is C22H25N5O3S. The summed E-state index contributed by atoms with van der Waals surface area (Å²) in [5.41, 5.74) is 1.40. The molecule has 0 unspecified atom stereocenters. The Morgan fingerprint density at radius 3 is 2.81 bits per heavy atom. The second kappa shape index (κ2) is 7.33. The number of sulfone groups is 1. The predicted molar refractivity (Wildman–Crippen MR) is 118 cm³/mol. The molecule has 1 spiro atoms. The molecule has 31 heavy (non-hydrogen) atoms. The largest absolute Gasteiger partial charge is 0.352 e. The van der Waals surface area contributed by atoms with Gasteiger partial charge in [0.1, 0.15) is 17.8 Å². The van der Waals surface area contributed by atoms with Crippen LogP contribution in [0.3, 0.4) is 0 Å². The number of H-pyrrole nitrogens is 1. The number of carbonyl (C=O) groups excluding carboxylic acids is 1. The molecule has 2 aromatic heterocycles. The van der Waals surface area contributed by atoms with Gasteiger partial charge in [-0.15, -0.1) is 0 Å². The number of anilines is 1. The van der Waals surface area contributed by atoms with Gasteiger partial charge in [-0.05, 0) is 36.6 Å². The molecule has 3 heterocycles. The summed E-state index contributed by atoms with van der Waals surface area (Å²) in [4.78, 5) is 29.6. The summed E-state index contributed by atoms with van der Waals surface area (Å²) in [5.74, 6) is 1.01. The molecule has 5 rings (SSSR count). The van der Waals surface area contributed by atoms with Gasteiger partial charge in [0.2, 0.25) is 5.91 Å². The summed E-state index contributed by atoms with van der Waals surface area (Å²) in [6, 6.07) is 8.76. The molecule has 9 heteroatoms. The van der Waals surface area contributed by atoms with Crippen LogP contribution in [0.25, 0.3) is 11.0 Å². The van der Waals surface area contributed by atoms with Gasteiger partial charge in [0, 0.05) is 25.8 Å². The highest BCUT2D eigenvalue weighted by atomic mass is 32.2. The highest BCUT2D eigenvalue weighted by Gasteiger charge is 2.53. The summed E-state index contributed by atoms with van der Waals surface area (Å²) in [6.45, 7) is 3.71. The van der Waals surface area contributed by atoms with E-state index in [1.165, 1.54) is 0 Å². The van der Waals surface area contributed by atoms with Crippen LogP contribution in [0, 0.1) is 0 Å². The second-order valence-electron chi connectivity index (χ2n) is 8.36. The SMILES string of the molecule is CCS(=O)(=O)c1cccc(CC(=O)N2CCN(c3ncnc4[nH]ccc34)CC23CC3)c1. The monoisotopic (exact) mass is 439 g/mol. The van der Waals surface area contributed by atoms with Gasteiger partial charge in [-0.3, -0.25) is 4.79 Å². The number of aromatic nitrogens is 3. The number of piperazine rings is 1. The third-order valence-corrected chi connectivity index (χ3v) is 8.14. The molecule has 2 fully saturated rings. The molecule has 1 amide bonds. The number of amides is 1.